The predicted molar refractivity (Wildman–Crippen MR) is 139 cm³/mol. The van der Waals surface area contributed by atoms with Gasteiger partial charge in [0.25, 0.3) is 5.91 Å². The van der Waals surface area contributed by atoms with Crippen molar-refractivity contribution in [1.82, 2.24) is 14.9 Å². The number of aryl methyl sites for hydroxylation is 3. The van der Waals surface area contributed by atoms with Crippen molar-refractivity contribution in [1.29, 1.82) is 0 Å². The number of hydrogen-bond donors (Lipinski definition) is 1. The zero-order valence-corrected chi connectivity index (χ0v) is 20.5. The number of ether oxygens (including phenoxy) is 2. The Morgan fingerprint density at radius 3 is 2.60 bits per heavy atom. The first-order valence-electron chi connectivity index (χ1n) is 12.2. The van der Waals surface area contributed by atoms with Crippen molar-refractivity contribution in [3.63, 3.8) is 0 Å². The van der Waals surface area contributed by atoms with E-state index in [0.29, 0.717) is 13.2 Å². The first-order valence-corrected chi connectivity index (χ1v) is 12.2. The molecule has 4 rings (SSSR count). The molecule has 0 bridgehead atoms. The summed E-state index contributed by atoms with van der Waals surface area (Å²) in [4.78, 5) is 17.3. The molecule has 0 radical (unpaired) electrons. The third-order valence-electron chi connectivity index (χ3n) is 6.07. The van der Waals surface area contributed by atoms with Crippen LogP contribution in [0.15, 0.2) is 72.8 Å². The molecule has 1 aromatic heterocycles. The summed E-state index contributed by atoms with van der Waals surface area (Å²) in [7, 11) is 1.66. The number of fused-ring (bicyclic) bond motifs is 1. The van der Waals surface area contributed by atoms with Crippen LogP contribution in [0, 0.1) is 6.92 Å². The number of unbranched alkanes of at least 4 members (excludes halogenated alkanes) is 1. The number of carbonyl (C=O) groups is 1. The van der Waals surface area contributed by atoms with Gasteiger partial charge in [-0.2, -0.15) is 0 Å². The summed E-state index contributed by atoms with van der Waals surface area (Å²) in [6.07, 6.45) is 3.57. The predicted octanol–water partition coefficient (Wildman–Crippen LogP) is 5.58. The number of aromatic nitrogens is 2. The standard InChI is InChI=1S/C29H33N3O3/c1-22-11-3-4-14-25(22)29(33)30-18-10-17-28-31-26-15-5-6-16-27(26)32(28)19-7-8-20-35-24-13-9-12-23(21-24)34-2/h3-6,9,11-16,21H,7-8,10,17-20H2,1-2H3,(H,30,33). The van der Waals surface area contributed by atoms with Gasteiger partial charge in [0.15, 0.2) is 0 Å². The molecular weight excluding hydrogens is 438 g/mol. The molecule has 182 valence electrons. The molecule has 1 amide bonds. The topological polar surface area (TPSA) is 65.4 Å². The monoisotopic (exact) mass is 471 g/mol. The molecule has 0 aliphatic heterocycles. The van der Waals surface area contributed by atoms with Crippen LogP contribution in [0.4, 0.5) is 0 Å². The Balaban J connectivity index is 1.29. The maximum Gasteiger partial charge on any atom is 0.251 e. The zero-order chi connectivity index (χ0) is 24.5. The van der Waals surface area contributed by atoms with Crippen LogP contribution in [0.25, 0.3) is 11.0 Å². The quantitative estimate of drug-likeness (QED) is 0.274. The molecule has 1 N–H and O–H groups in total. The second-order valence-electron chi connectivity index (χ2n) is 8.58. The normalized spacial score (nSPS) is 10.9. The summed E-state index contributed by atoms with van der Waals surface area (Å²) in [5.74, 6) is 2.66. The Labute approximate surface area is 206 Å². The van der Waals surface area contributed by atoms with Crippen LogP contribution < -0.4 is 14.8 Å². The molecule has 35 heavy (non-hydrogen) atoms. The lowest BCUT2D eigenvalue weighted by Gasteiger charge is -2.11. The molecule has 0 fully saturated rings. The molecule has 0 aliphatic rings. The first kappa shape index (κ1) is 24.3. The molecule has 0 atom stereocenters. The Bertz CT molecular complexity index is 1270. The highest BCUT2D eigenvalue weighted by molar-refractivity contribution is 5.95. The molecule has 0 saturated carbocycles. The van der Waals surface area contributed by atoms with E-state index >= 15 is 0 Å². The van der Waals surface area contributed by atoms with Gasteiger partial charge in [-0.05, 0) is 62.1 Å². The summed E-state index contributed by atoms with van der Waals surface area (Å²) < 4.78 is 13.4. The van der Waals surface area contributed by atoms with Gasteiger partial charge >= 0.3 is 0 Å². The second kappa shape index (κ2) is 12.1. The van der Waals surface area contributed by atoms with Crippen LogP contribution >= 0.6 is 0 Å². The van der Waals surface area contributed by atoms with Gasteiger partial charge in [-0.1, -0.05) is 36.4 Å². The Hall–Kier alpha value is -3.80. The van der Waals surface area contributed by atoms with Gasteiger partial charge in [0.05, 0.1) is 24.8 Å². The Morgan fingerprint density at radius 2 is 1.74 bits per heavy atom. The summed E-state index contributed by atoms with van der Waals surface area (Å²) in [6.45, 7) is 4.11. The SMILES string of the molecule is COc1cccc(OCCCCn2c(CCCNC(=O)c3ccccc3C)nc3ccccc32)c1. The number of imidazole rings is 1. The number of nitrogens with one attached hydrogen (secondary N) is 1. The van der Waals surface area contributed by atoms with Crippen LogP contribution in [0.5, 0.6) is 11.5 Å². The lowest BCUT2D eigenvalue weighted by Crippen LogP contribution is -2.25. The van der Waals surface area contributed by atoms with E-state index in [1.807, 2.05) is 61.5 Å². The fraction of sp³-hybridized carbons (Fsp3) is 0.310. The number of nitrogens with zero attached hydrogens (tertiary/aromatic N) is 2. The number of para-hydroxylation sites is 2. The fourth-order valence-corrected chi connectivity index (χ4v) is 4.19. The van der Waals surface area contributed by atoms with Gasteiger partial charge < -0.3 is 19.4 Å². The highest BCUT2D eigenvalue weighted by atomic mass is 16.5. The smallest absolute Gasteiger partial charge is 0.251 e. The van der Waals surface area contributed by atoms with Crippen molar-refractivity contribution in [2.45, 2.75) is 39.2 Å². The number of amides is 1. The zero-order valence-electron chi connectivity index (χ0n) is 20.5. The molecule has 4 aromatic rings. The van der Waals surface area contributed by atoms with E-state index in [4.69, 9.17) is 14.5 Å². The molecule has 6 heteroatoms. The number of benzene rings is 3. The van der Waals surface area contributed by atoms with Crippen molar-refractivity contribution >= 4 is 16.9 Å². The largest absolute Gasteiger partial charge is 0.497 e. The maximum absolute atomic E-state index is 12.5. The van der Waals surface area contributed by atoms with Gasteiger partial charge in [-0.3, -0.25) is 4.79 Å². The molecule has 0 aliphatic carbocycles. The Kier molecular flexibility index (Phi) is 8.39. The van der Waals surface area contributed by atoms with Crippen LogP contribution in [-0.4, -0.2) is 35.7 Å². The lowest BCUT2D eigenvalue weighted by atomic mass is 10.1. The van der Waals surface area contributed by atoms with Gasteiger partial charge in [0.1, 0.15) is 17.3 Å². The van der Waals surface area contributed by atoms with Crippen molar-refractivity contribution in [2.24, 2.45) is 0 Å². The van der Waals surface area contributed by atoms with Gasteiger partial charge in [0.2, 0.25) is 0 Å². The number of methoxy groups -OCH3 is 1. The van der Waals surface area contributed by atoms with E-state index in [2.05, 4.69) is 28.1 Å². The van der Waals surface area contributed by atoms with E-state index in [1.165, 1.54) is 0 Å². The molecular formula is C29H33N3O3. The molecule has 3 aromatic carbocycles. The number of carbonyl (C=O) groups excluding carboxylic acids is 1. The molecule has 1 heterocycles. The number of hydrogen-bond acceptors (Lipinski definition) is 4. The van der Waals surface area contributed by atoms with E-state index in [1.54, 1.807) is 7.11 Å². The van der Waals surface area contributed by atoms with Gasteiger partial charge in [0, 0.05) is 31.1 Å². The van der Waals surface area contributed by atoms with Crippen LogP contribution in [0.1, 0.15) is 41.0 Å². The Morgan fingerprint density at radius 1 is 0.943 bits per heavy atom. The van der Waals surface area contributed by atoms with E-state index < -0.39 is 0 Å². The minimum atomic E-state index is -0.0207. The molecule has 0 unspecified atom stereocenters. The van der Waals surface area contributed by atoms with E-state index in [9.17, 15) is 4.79 Å². The number of rotatable bonds is 12. The summed E-state index contributed by atoms with van der Waals surface area (Å²) in [6, 6.07) is 23.6. The maximum atomic E-state index is 12.5. The minimum Gasteiger partial charge on any atom is -0.497 e. The van der Waals surface area contributed by atoms with E-state index in [0.717, 1.165) is 71.7 Å². The van der Waals surface area contributed by atoms with Crippen LogP contribution in [0.3, 0.4) is 0 Å². The third-order valence-corrected chi connectivity index (χ3v) is 6.07. The first-order chi connectivity index (χ1) is 17.2. The summed E-state index contributed by atoms with van der Waals surface area (Å²) in [5.41, 5.74) is 3.89. The summed E-state index contributed by atoms with van der Waals surface area (Å²) in [5, 5.41) is 3.05. The van der Waals surface area contributed by atoms with Crippen molar-refractivity contribution in [2.75, 3.05) is 20.3 Å². The third kappa shape index (κ3) is 6.41. The highest BCUT2D eigenvalue weighted by Gasteiger charge is 2.11. The van der Waals surface area contributed by atoms with Crippen molar-refractivity contribution in [3.05, 3.63) is 89.7 Å². The van der Waals surface area contributed by atoms with Crippen LogP contribution in [0.2, 0.25) is 0 Å². The molecule has 0 saturated heterocycles. The van der Waals surface area contributed by atoms with Gasteiger partial charge in [-0.25, -0.2) is 4.98 Å². The van der Waals surface area contributed by atoms with Gasteiger partial charge in [-0.15, -0.1) is 0 Å². The van der Waals surface area contributed by atoms with Crippen LogP contribution in [-0.2, 0) is 13.0 Å². The van der Waals surface area contributed by atoms with E-state index in [-0.39, 0.29) is 5.91 Å². The fourth-order valence-electron chi connectivity index (χ4n) is 4.19. The minimum absolute atomic E-state index is 0.0207. The second-order valence-corrected chi connectivity index (χ2v) is 8.58. The van der Waals surface area contributed by atoms with Crippen molar-refractivity contribution in [3.8, 4) is 11.5 Å². The van der Waals surface area contributed by atoms with Crippen molar-refractivity contribution < 1.29 is 14.3 Å². The average molecular weight is 472 g/mol. The summed E-state index contributed by atoms with van der Waals surface area (Å²) >= 11 is 0. The average Bonchev–Trinajstić information content (AvgIpc) is 3.24. The highest BCUT2D eigenvalue weighted by Crippen LogP contribution is 2.20. The lowest BCUT2D eigenvalue weighted by molar-refractivity contribution is 0.0952. The molecule has 6 nitrogen and oxygen atoms in total. The molecule has 0 spiro atoms.